The molecule has 0 fully saturated rings. The van der Waals surface area contributed by atoms with Crippen molar-refractivity contribution in [3.05, 3.63) is 75.5 Å². The summed E-state index contributed by atoms with van der Waals surface area (Å²) in [6.45, 7) is 2.21. The van der Waals surface area contributed by atoms with E-state index in [1.165, 1.54) is 6.08 Å². The highest BCUT2D eigenvalue weighted by Crippen LogP contribution is 2.30. The van der Waals surface area contributed by atoms with Crippen molar-refractivity contribution in [2.24, 2.45) is 0 Å². The topological polar surface area (TPSA) is 85.5 Å². The standard InChI is InChI=1S/C20H17ClN2O4S/c1-2-18-22-23-20(27-18)28-17(19(24)25)11-14-5-3-4-6-16(14)26-12-13-7-9-15(21)10-8-13/h3-11H,2,12H2,1H3,(H,24,25)/b17-11+. The summed E-state index contributed by atoms with van der Waals surface area (Å²) in [6, 6.07) is 14.5. The number of ether oxygens (including phenoxy) is 1. The number of carboxylic acids is 1. The van der Waals surface area contributed by atoms with Gasteiger partial charge in [-0.05, 0) is 41.6 Å². The van der Waals surface area contributed by atoms with Crippen LogP contribution in [0.25, 0.3) is 6.08 Å². The van der Waals surface area contributed by atoms with E-state index in [9.17, 15) is 9.90 Å². The molecule has 0 amide bonds. The number of aryl methyl sites for hydroxylation is 1. The first kappa shape index (κ1) is 20.0. The number of aromatic nitrogens is 2. The summed E-state index contributed by atoms with van der Waals surface area (Å²) in [4.78, 5) is 11.7. The summed E-state index contributed by atoms with van der Waals surface area (Å²) in [5.74, 6) is -0.0655. The van der Waals surface area contributed by atoms with E-state index in [1.54, 1.807) is 24.3 Å². The summed E-state index contributed by atoms with van der Waals surface area (Å²) in [5, 5.41) is 18.1. The van der Waals surface area contributed by atoms with Crippen LogP contribution >= 0.6 is 23.4 Å². The maximum Gasteiger partial charge on any atom is 0.342 e. The summed E-state index contributed by atoms with van der Waals surface area (Å²) in [5.41, 5.74) is 1.59. The number of benzene rings is 2. The van der Waals surface area contributed by atoms with Crippen molar-refractivity contribution in [1.82, 2.24) is 10.2 Å². The minimum absolute atomic E-state index is 0.0499. The minimum atomic E-state index is -1.09. The fourth-order valence-electron chi connectivity index (χ4n) is 2.27. The van der Waals surface area contributed by atoms with Gasteiger partial charge in [0.05, 0.1) is 0 Å². The van der Waals surface area contributed by atoms with Gasteiger partial charge < -0.3 is 14.3 Å². The number of para-hydroxylation sites is 1. The molecule has 0 aliphatic rings. The Kier molecular flexibility index (Phi) is 6.73. The summed E-state index contributed by atoms with van der Waals surface area (Å²) < 4.78 is 11.3. The van der Waals surface area contributed by atoms with Crippen LogP contribution in [0.1, 0.15) is 23.9 Å². The van der Waals surface area contributed by atoms with Crippen LogP contribution in [0, 0.1) is 0 Å². The normalized spacial score (nSPS) is 11.4. The first-order chi connectivity index (χ1) is 13.5. The highest BCUT2D eigenvalue weighted by atomic mass is 35.5. The molecular formula is C20H17ClN2O4S. The molecule has 0 saturated carbocycles. The lowest BCUT2D eigenvalue weighted by molar-refractivity contribution is -0.131. The molecule has 0 aliphatic carbocycles. The largest absolute Gasteiger partial charge is 0.488 e. The fraction of sp³-hybridized carbons (Fsp3) is 0.150. The van der Waals surface area contributed by atoms with Crippen LogP contribution in [0.4, 0.5) is 0 Å². The van der Waals surface area contributed by atoms with E-state index in [0.29, 0.717) is 35.3 Å². The van der Waals surface area contributed by atoms with Crippen molar-refractivity contribution >= 4 is 35.4 Å². The van der Waals surface area contributed by atoms with Crippen LogP contribution in [-0.4, -0.2) is 21.3 Å². The molecule has 144 valence electrons. The highest BCUT2D eigenvalue weighted by molar-refractivity contribution is 8.03. The van der Waals surface area contributed by atoms with Crippen molar-refractivity contribution in [3.8, 4) is 5.75 Å². The Balaban J connectivity index is 1.80. The second-order valence-corrected chi connectivity index (χ2v) is 7.11. The van der Waals surface area contributed by atoms with E-state index in [2.05, 4.69) is 10.2 Å². The van der Waals surface area contributed by atoms with Gasteiger partial charge in [-0.25, -0.2) is 4.79 Å². The first-order valence-electron chi connectivity index (χ1n) is 8.46. The zero-order chi connectivity index (χ0) is 19.9. The number of rotatable bonds is 8. The SMILES string of the molecule is CCc1nnc(S/C(=C/c2ccccc2OCc2ccc(Cl)cc2)C(=O)O)o1. The monoisotopic (exact) mass is 416 g/mol. The average Bonchev–Trinajstić information content (AvgIpc) is 3.15. The van der Waals surface area contributed by atoms with Crippen molar-refractivity contribution in [1.29, 1.82) is 0 Å². The molecule has 1 N–H and O–H groups in total. The van der Waals surface area contributed by atoms with Gasteiger partial charge in [0.1, 0.15) is 17.3 Å². The number of aliphatic carboxylic acids is 1. The molecule has 0 radical (unpaired) electrons. The van der Waals surface area contributed by atoms with Gasteiger partial charge in [-0.1, -0.05) is 48.9 Å². The Hall–Kier alpha value is -2.77. The van der Waals surface area contributed by atoms with Crippen molar-refractivity contribution in [3.63, 3.8) is 0 Å². The van der Waals surface area contributed by atoms with Gasteiger partial charge in [-0.2, -0.15) is 0 Å². The molecule has 28 heavy (non-hydrogen) atoms. The third-order valence-electron chi connectivity index (χ3n) is 3.67. The Morgan fingerprint density at radius 1 is 1.21 bits per heavy atom. The zero-order valence-electron chi connectivity index (χ0n) is 15.0. The molecule has 0 aliphatic heterocycles. The van der Waals surface area contributed by atoms with Gasteiger partial charge >= 0.3 is 5.97 Å². The lowest BCUT2D eigenvalue weighted by Crippen LogP contribution is -1.99. The maximum absolute atomic E-state index is 11.7. The number of nitrogens with zero attached hydrogens (tertiary/aromatic N) is 2. The average molecular weight is 417 g/mol. The van der Waals surface area contributed by atoms with Gasteiger partial charge in [0.2, 0.25) is 5.89 Å². The lowest BCUT2D eigenvalue weighted by atomic mass is 10.2. The van der Waals surface area contributed by atoms with E-state index in [0.717, 1.165) is 17.3 Å². The van der Waals surface area contributed by atoms with E-state index in [-0.39, 0.29) is 10.1 Å². The second-order valence-electron chi connectivity index (χ2n) is 5.68. The van der Waals surface area contributed by atoms with E-state index >= 15 is 0 Å². The van der Waals surface area contributed by atoms with Gasteiger partial charge in [0.15, 0.2) is 0 Å². The third kappa shape index (κ3) is 5.37. The van der Waals surface area contributed by atoms with Gasteiger partial charge in [0.25, 0.3) is 5.22 Å². The Morgan fingerprint density at radius 3 is 2.64 bits per heavy atom. The fourth-order valence-corrected chi connectivity index (χ4v) is 3.07. The molecule has 8 heteroatoms. The van der Waals surface area contributed by atoms with E-state index in [1.807, 2.05) is 31.2 Å². The summed E-state index contributed by atoms with van der Waals surface area (Å²) >= 11 is 6.80. The zero-order valence-corrected chi connectivity index (χ0v) is 16.5. The number of halogens is 1. The molecule has 0 unspecified atom stereocenters. The molecule has 0 bridgehead atoms. The minimum Gasteiger partial charge on any atom is -0.488 e. The van der Waals surface area contributed by atoms with Crippen LogP contribution in [0.2, 0.25) is 5.02 Å². The number of carbonyl (C=O) groups is 1. The van der Waals surface area contributed by atoms with Crippen LogP contribution < -0.4 is 4.74 Å². The highest BCUT2D eigenvalue weighted by Gasteiger charge is 2.16. The third-order valence-corrected chi connectivity index (χ3v) is 4.78. The molecule has 1 aromatic heterocycles. The molecule has 0 atom stereocenters. The van der Waals surface area contributed by atoms with Crippen LogP contribution in [0.3, 0.4) is 0 Å². The molecule has 1 heterocycles. The molecule has 3 aromatic rings. The number of hydrogen-bond donors (Lipinski definition) is 1. The van der Waals surface area contributed by atoms with Gasteiger partial charge in [-0.15, -0.1) is 10.2 Å². The number of carboxylic acid groups (broad SMARTS) is 1. The molecule has 3 rings (SSSR count). The van der Waals surface area contributed by atoms with Gasteiger partial charge in [0, 0.05) is 17.0 Å². The van der Waals surface area contributed by atoms with Crippen molar-refractivity contribution in [2.75, 3.05) is 0 Å². The van der Waals surface area contributed by atoms with Crippen LogP contribution in [-0.2, 0) is 17.8 Å². The lowest BCUT2D eigenvalue weighted by Gasteiger charge is -2.10. The molecule has 0 spiro atoms. The first-order valence-corrected chi connectivity index (χ1v) is 9.66. The van der Waals surface area contributed by atoms with Crippen LogP contribution in [0.15, 0.2) is 63.1 Å². The smallest absolute Gasteiger partial charge is 0.342 e. The Bertz CT molecular complexity index is 986. The molecule has 2 aromatic carbocycles. The Morgan fingerprint density at radius 2 is 1.96 bits per heavy atom. The molecule has 6 nitrogen and oxygen atoms in total. The predicted molar refractivity (Wildman–Crippen MR) is 107 cm³/mol. The van der Waals surface area contributed by atoms with Crippen molar-refractivity contribution in [2.45, 2.75) is 25.2 Å². The van der Waals surface area contributed by atoms with Crippen LogP contribution in [0.5, 0.6) is 5.75 Å². The van der Waals surface area contributed by atoms with Gasteiger partial charge in [-0.3, -0.25) is 0 Å². The molecular weight excluding hydrogens is 400 g/mol. The summed E-state index contributed by atoms with van der Waals surface area (Å²) in [7, 11) is 0. The number of thioether (sulfide) groups is 1. The Labute approximate surface area is 171 Å². The van der Waals surface area contributed by atoms with E-state index in [4.69, 9.17) is 20.8 Å². The van der Waals surface area contributed by atoms with E-state index < -0.39 is 5.97 Å². The quantitative estimate of drug-likeness (QED) is 0.404. The predicted octanol–water partition coefficient (Wildman–Crippen LogP) is 5.08. The second kappa shape index (κ2) is 9.43. The number of hydrogen-bond acceptors (Lipinski definition) is 6. The summed E-state index contributed by atoms with van der Waals surface area (Å²) in [6.07, 6.45) is 2.11. The molecule has 0 saturated heterocycles. The maximum atomic E-state index is 11.7. The van der Waals surface area contributed by atoms with Crippen molar-refractivity contribution < 1.29 is 19.1 Å².